The molecule has 1 aliphatic rings. The van der Waals surface area contributed by atoms with Gasteiger partial charge in [-0.2, -0.15) is 0 Å². The number of benzene rings is 2. The van der Waals surface area contributed by atoms with E-state index < -0.39 is 5.63 Å². The van der Waals surface area contributed by atoms with Gasteiger partial charge in [0.25, 0.3) is 5.91 Å². The van der Waals surface area contributed by atoms with Gasteiger partial charge in [-0.25, -0.2) is 14.8 Å². The maximum Gasteiger partial charge on any atom is 0.349 e. The topological polar surface area (TPSA) is 79.5 Å². The quantitative estimate of drug-likeness (QED) is 0.404. The zero-order chi connectivity index (χ0) is 22.1. The fourth-order valence-corrected chi connectivity index (χ4v) is 4.22. The van der Waals surface area contributed by atoms with Crippen LogP contribution in [0.25, 0.3) is 22.2 Å². The lowest BCUT2D eigenvalue weighted by atomic mass is 10.1. The van der Waals surface area contributed by atoms with E-state index in [1.54, 1.807) is 29.4 Å². The Morgan fingerprint density at radius 1 is 0.938 bits per heavy atom. The minimum absolute atomic E-state index is 0.0532. The van der Waals surface area contributed by atoms with Crippen molar-refractivity contribution in [2.24, 2.45) is 0 Å². The van der Waals surface area contributed by atoms with Crippen LogP contribution in [0.5, 0.6) is 0 Å². The van der Waals surface area contributed by atoms with Crippen molar-refractivity contribution in [2.75, 3.05) is 31.1 Å². The number of carbonyl (C=O) groups excluding carboxylic acids is 1. The number of rotatable bonds is 3. The van der Waals surface area contributed by atoms with Crippen molar-refractivity contribution in [3.05, 3.63) is 87.4 Å². The van der Waals surface area contributed by atoms with Gasteiger partial charge in [0.2, 0.25) is 0 Å². The van der Waals surface area contributed by atoms with Crippen molar-refractivity contribution in [1.82, 2.24) is 14.9 Å². The Bertz CT molecular complexity index is 1350. The molecule has 0 aliphatic carbocycles. The van der Waals surface area contributed by atoms with Gasteiger partial charge in [-0.15, -0.1) is 0 Å². The van der Waals surface area contributed by atoms with Gasteiger partial charge in [0, 0.05) is 47.7 Å². The molecule has 7 nitrogen and oxygen atoms in total. The normalized spacial score (nSPS) is 14.0. The average molecular weight is 491 g/mol. The van der Waals surface area contributed by atoms with E-state index >= 15 is 0 Å². The first kappa shape index (κ1) is 20.4. The Hall–Kier alpha value is -3.52. The molecule has 0 spiro atoms. The van der Waals surface area contributed by atoms with Crippen LogP contribution in [0, 0.1) is 0 Å². The number of anilines is 1. The average Bonchev–Trinajstić information content (AvgIpc) is 2.84. The van der Waals surface area contributed by atoms with Crippen molar-refractivity contribution >= 4 is 38.6 Å². The fourth-order valence-electron chi connectivity index (χ4n) is 3.84. The Morgan fingerprint density at radius 2 is 1.72 bits per heavy atom. The van der Waals surface area contributed by atoms with E-state index in [4.69, 9.17) is 4.42 Å². The first-order valence-corrected chi connectivity index (χ1v) is 11.0. The SMILES string of the molecule is O=C(c1cc2cc(Br)ccc2oc1=O)N1CCN(c2cc(-c3ccccc3)ncn2)CC1. The summed E-state index contributed by atoms with van der Waals surface area (Å²) in [6, 6.07) is 18.8. The molecule has 5 rings (SSSR count). The zero-order valence-electron chi connectivity index (χ0n) is 17.1. The minimum Gasteiger partial charge on any atom is -0.422 e. The van der Waals surface area contributed by atoms with E-state index in [2.05, 4.69) is 30.8 Å². The van der Waals surface area contributed by atoms with Crippen LogP contribution in [0.3, 0.4) is 0 Å². The second kappa shape index (κ2) is 8.55. The van der Waals surface area contributed by atoms with Crippen LogP contribution in [0.1, 0.15) is 10.4 Å². The van der Waals surface area contributed by atoms with Crippen LogP contribution >= 0.6 is 15.9 Å². The summed E-state index contributed by atoms with van der Waals surface area (Å²) in [6.07, 6.45) is 1.56. The number of aromatic nitrogens is 2. The summed E-state index contributed by atoms with van der Waals surface area (Å²) in [4.78, 5) is 38.1. The predicted molar refractivity (Wildman–Crippen MR) is 126 cm³/mol. The van der Waals surface area contributed by atoms with E-state index in [1.807, 2.05) is 42.5 Å². The van der Waals surface area contributed by atoms with E-state index in [0.717, 1.165) is 21.5 Å². The predicted octanol–water partition coefficient (Wildman–Crippen LogP) is 3.97. The van der Waals surface area contributed by atoms with Gasteiger partial charge in [0.1, 0.15) is 23.3 Å². The van der Waals surface area contributed by atoms with E-state index in [1.165, 1.54) is 0 Å². The molecule has 160 valence electrons. The molecule has 0 radical (unpaired) electrons. The summed E-state index contributed by atoms with van der Waals surface area (Å²) < 4.78 is 6.21. The highest BCUT2D eigenvalue weighted by Gasteiger charge is 2.25. The molecule has 0 bridgehead atoms. The molecule has 2 aromatic carbocycles. The highest BCUT2D eigenvalue weighted by atomic mass is 79.9. The molecule has 3 heterocycles. The number of hydrogen-bond acceptors (Lipinski definition) is 6. The maximum absolute atomic E-state index is 13.0. The third-order valence-electron chi connectivity index (χ3n) is 5.54. The van der Waals surface area contributed by atoms with Crippen molar-refractivity contribution in [2.45, 2.75) is 0 Å². The maximum atomic E-state index is 13.0. The molecule has 4 aromatic rings. The van der Waals surface area contributed by atoms with Crippen LogP contribution in [-0.2, 0) is 0 Å². The minimum atomic E-state index is -0.615. The highest BCUT2D eigenvalue weighted by molar-refractivity contribution is 9.10. The van der Waals surface area contributed by atoms with Gasteiger partial charge >= 0.3 is 5.63 Å². The van der Waals surface area contributed by atoms with Crippen molar-refractivity contribution in [1.29, 1.82) is 0 Å². The summed E-state index contributed by atoms with van der Waals surface area (Å²) in [5, 5.41) is 0.704. The van der Waals surface area contributed by atoms with Crippen molar-refractivity contribution in [3.63, 3.8) is 0 Å². The number of amides is 1. The van der Waals surface area contributed by atoms with Gasteiger partial charge < -0.3 is 14.2 Å². The van der Waals surface area contributed by atoms with Gasteiger partial charge in [-0.3, -0.25) is 4.79 Å². The lowest BCUT2D eigenvalue weighted by molar-refractivity contribution is 0.0742. The summed E-state index contributed by atoms with van der Waals surface area (Å²) in [6.45, 7) is 2.20. The van der Waals surface area contributed by atoms with E-state index in [0.29, 0.717) is 37.1 Å². The Kier molecular flexibility index (Phi) is 5.45. The van der Waals surface area contributed by atoms with Crippen molar-refractivity contribution in [3.8, 4) is 11.3 Å². The smallest absolute Gasteiger partial charge is 0.349 e. The second-order valence-corrected chi connectivity index (χ2v) is 8.45. The molecule has 2 aromatic heterocycles. The van der Waals surface area contributed by atoms with Crippen LogP contribution < -0.4 is 10.5 Å². The zero-order valence-corrected chi connectivity index (χ0v) is 18.7. The highest BCUT2D eigenvalue weighted by Crippen LogP contribution is 2.23. The van der Waals surface area contributed by atoms with Gasteiger partial charge in [0.15, 0.2) is 0 Å². The number of carbonyl (C=O) groups is 1. The Labute approximate surface area is 192 Å². The third kappa shape index (κ3) is 4.01. The molecule has 1 fully saturated rings. The van der Waals surface area contributed by atoms with Gasteiger partial charge in [0.05, 0.1) is 5.69 Å². The Balaban J connectivity index is 1.32. The summed E-state index contributed by atoms with van der Waals surface area (Å²) in [5.74, 6) is 0.508. The molecule has 1 aliphatic heterocycles. The number of hydrogen-bond donors (Lipinski definition) is 0. The second-order valence-electron chi connectivity index (χ2n) is 7.54. The summed E-state index contributed by atoms with van der Waals surface area (Å²) in [7, 11) is 0. The Morgan fingerprint density at radius 3 is 2.50 bits per heavy atom. The molecule has 0 N–H and O–H groups in total. The van der Waals surface area contributed by atoms with Gasteiger partial charge in [-0.05, 0) is 24.3 Å². The standard InChI is InChI=1S/C24H19BrN4O3/c25-18-6-7-21-17(12-18)13-19(24(31)32-21)23(30)29-10-8-28(9-11-29)22-14-20(26-15-27-22)16-4-2-1-3-5-16/h1-7,12-15H,8-11H2. The largest absolute Gasteiger partial charge is 0.422 e. The van der Waals surface area contributed by atoms with Crippen LogP contribution in [0.15, 0.2) is 80.7 Å². The molecule has 0 atom stereocenters. The molecule has 1 saturated heterocycles. The van der Waals surface area contributed by atoms with Crippen molar-refractivity contribution < 1.29 is 9.21 Å². The van der Waals surface area contributed by atoms with Crippen LogP contribution in [0.4, 0.5) is 5.82 Å². The van der Waals surface area contributed by atoms with Crippen LogP contribution in [0.2, 0.25) is 0 Å². The lowest BCUT2D eigenvalue weighted by Crippen LogP contribution is -2.49. The van der Waals surface area contributed by atoms with E-state index in [-0.39, 0.29) is 11.5 Å². The first-order valence-electron chi connectivity index (χ1n) is 10.2. The first-order chi connectivity index (χ1) is 15.6. The number of piperazine rings is 1. The summed E-state index contributed by atoms with van der Waals surface area (Å²) >= 11 is 3.41. The molecular weight excluding hydrogens is 472 g/mol. The van der Waals surface area contributed by atoms with E-state index in [9.17, 15) is 9.59 Å². The number of nitrogens with zero attached hydrogens (tertiary/aromatic N) is 4. The molecule has 8 heteroatoms. The molecule has 0 saturated carbocycles. The number of fused-ring (bicyclic) bond motifs is 1. The molecule has 32 heavy (non-hydrogen) atoms. The molecule has 1 amide bonds. The fraction of sp³-hybridized carbons (Fsp3) is 0.167. The number of halogens is 1. The van der Waals surface area contributed by atoms with Gasteiger partial charge in [-0.1, -0.05) is 46.3 Å². The molecular formula is C24H19BrN4O3. The van der Waals surface area contributed by atoms with Crippen LogP contribution in [-0.4, -0.2) is 47.0 Å². The third-order valence-corrected chi connectivity index (χ3v) is 6.03. The lowest BCUT2D eigenvalue weighted by Gasteiger charge is -2.35. The molecule has 0 unspecified atom stereocenters. The summed E-state index contributed by atoms with van der Waals surface area (Å²) in [5.41, 5.74) is 1.78. The monoisotopic (exact) mass is 490 g/mol.